The van der Waals surface area contributed by atoms with Gasteiger partial charge < -0.3 is 10.2 Å². The van der Waals surface area contributed by atoms with Gasteiger partial charge in [0.2, 0.25) is 5.91 Å². The Hall–Kier alpha value is -3.46. The molecule has 6 nitrogen and oxygen atoms in total. The van der Waals surface area contributed by atoms with Gasteiger partial charge in [-0.3, -0.25) is 9.78 Å². The highest BCUT2D eigenvalue weighted by Gasteiger charge is 2.26. The summed E-state index contributed by atoms with van der Waals surface area (Å²) in [7, 11) is 0. The van der Waals surface area contributed by atoms with Crippen LogP contribution in [0.25, 0.3) is 10.9 Å². The number of amides is 1. The number of carbonyl (C=O) groups is 1. The lowest BCUT2D eigenvalue weighted by molar-refractivity contribution is -0.125. The van der Waals surface area contributed by atoms with Crippen molar-refractivity contribution in [2.24, 2.45) is 5.92 Å². The minimum Gasteiger partial charge on any atom is -0.371 e. The maximum Gasteiger partial charge on any atom is 0.223 e. The van der Waals surface area contributed by atoms with Gasteiger partial charge in [-0.2, -0.15) is 5.26 Å². The van der Waals surface area contributed by atoms with E-state index in [0.29, 0.717) is 12.2 Å². The molecule has 1 aromatic carbocycles. The molecule has 140 valence electrons. The molecule has 28 heavy (non-hydrogen) atoms. The number of nitrogens with one attached hydrogen (secondary N) is 1. The van der Waals surface area contributed by atoms with Gasteiger partial charge in [0.1, 0.15) is 11.8 Å². The monoisotopic (exact) mass is 371 g/mol. The number of anilines is 1. The molecule has 1 aliphatic heterocycles. The van der Waals surface area contributed by atoms with E-state index in [2.05, 4.69) is 26.3 Å². The summed E-state index contributed by atoms with van der Waals surface area (Å²) >= 11 is 0. The summed E-state index contributed by atoms with van der Waals surface area (Å²) < 4.78 is 0. The molecule has 1 saturated heterocycles. The Morgan fingerprint density at radius 1 is 1.21 bits per heavy atom. The molecule has 0 radical (unpaired) electrons. The van der Waals surface area contributed by atoms with Crippen LogP contribution in [-0.4, -0.2) is 29.0 Å². The molecule has 1 fully saturated rings. The molecular weight excluding hydrogens is 350 g/mol. The molecule has 0 saturated carbocycles. The van der Waals surface area contributed by atoms with Crippen molar-refractivity contribution in [3.63, 3.8) is 0 Å². The first-order valence-corrected chi connectivity index (χ1v) is 9.46. The maximum absolute atomic E-state index is 12.5. The third kappa shape index (κ3) is 3.79. The number of pyridine rings is 2. The normalized spacial score (nSPS) is 14.6. The van der Waals surface area contributed by atoms with Gasteiger partial charge in [0, 0.05) is 49.0 Å². The molecular formula is C22H21N5O. The van der Waals surface area contributed by atoms with Crippen molar-refractivity contribution in [2.75, 3.05) is 18.0 Å². The molecule has 2 aromatic heterocycles. The molecule has 0 unspecified atom stereocenters. The Morgan fingerprint density at radius 2 is 2.04 bits per heavy atom. The summed E-state index contributed by atoms with van der Waals surface area (Å²) in [6.07, 6.45) is 5.07. The number of piperidine rings is 1. The molecule has 1 N–H and O–H groups in total. The van der Waals surface area contributed by atoms with Crippen LogP contribution in [0.1, 0.15) is 24.1 Å². The number of benzene rings is 1. The quantitative estimate of drug-likeness (QED) is 0.762. The average Bonchev–Trinajstić information content (AvgIpc) is 2.77. The Bertz CT molecular complexity index is 1020. The van der Waals surface area contributed by atoms with Crippen LogP contribution in [0.4, 0.5) is 5.69 Å². The minimum atomic E-state index is 0.0106. The van der Waals surface area contributed by atoms with E-state index in [-0.39, 0.29) is 11.8 Å². The standard InChI is InChI=1S/C22H21N5O/c23-13-18-12-21(19-5-1-2-6-20(19)26-18)27-10-7-17(8-11-27)22(28)25-15-16-4-3-9-24-14-16/h1-6,9,12,14,17H,7-8,10-11,15H2,(H,25,28). The van der Waals surface area contributed by atoms with Crippen molar-refractivity contribution in [2.45, 2.75) is 19.4 Å². The lowest BCUT2D eigenvalue weighted by Gasteiger charge is -2.33. The number of fused-ring (bicyclic) bond motifs is 1. The van der Waals surface area contributed by atoms with Crippen molar-refractivity contribution < 1.29 is 4.79 Å². The SMILES string of the molecule is N#Cc1cc(N2CCC(C(=O)NCc3cccnc3)CC2)c2ccccc2n1. The van der Waals surface area contributed by atoms with Crippen molar-refractivity contribution in [3.8, 4) is 6.07 Å². The second-order valence-corrected chi connectivity index (χ2v) is 7.00. The number of nitriles is 1. The number of hydrogen-bond donors (Lipinski definition) is 1. The molecule has 1 aliphatic rings. The van der Waals surface area contributed by atoms with E-state index in [1.807, 2.05) is 42.5 Å². The summed E-state index contributed by atoms with van der Waals surface area (Å²) in [5.74, 6) is 0.109. The molecule has 0 aliphatic carbocycles. The number of para-hydroxylation sites is 1. The van der Waals surface area contributed by atoms with Gasteiger partial charge in [-0.25, -0.2) is 4.98 Å². The third-order valence-corrected chi connectivity index (χ3v) is 5.20. The van der Waals surface area contributed by atoms with Gasteiger partial charge in [-0.15, -0.1) is 0 Å². The first-order valence-electron chi connectivity index (χ1n) is 9.46. The zero-order valence-corrected chi connectivity index (χ0v) is 15.5. The van der Waals surface area contributed by atoms with E-state index in [1.165, 1.54) is 0 Å². The van der Waals surface area contributed by atoms with E-state index in [1.54, 1.807) is 12.4 Å². The molecule has 0 atom stereocenters. The second-order valence-electron chi connectivity index (χ2n) is 7.00. The zero-order valence-electron chi connectivity index (χ0n) is 15.5. The van der Waals surface area contributed by atoms with Crippen molar-refractivity contribution in [3.05, 3.63) is 66.1 Å². The molecule has 6 heteroatoms. The summed E-state index contributed by atoms with van der Waals surface area (Å²) in [5.41, 5.74) is 3.27. The highest BCUT2D eigenvalue weighted by atomic mass is 16.1. The van der Waals surface area contributed by atoms with Crippen LogP contribution in [0.2, 0.25) is 0 Å². The van der Waals surface area contributed by atoms with E-state index in [0.717, 1.165) is 48.1 Å². The molecule has 4 rings (SSSR count). The van der Waals surface area contributed by atoms with Crippen molar-refractivity contribution in [1.82, 2.24) is 15.3 Å². The average molecular weight is 371 g/mol. The Morgan fingerprint density at radius 3 is 2.79 bits per heavy atom. The van der Waals surface area contributed by atoms with E-state index in [4.69, 9.17) is 0 Å². The molecule has 1 amide bonds. The van der Waals surface area contributed by atoms with Crippen LogP contribution in [0.15, 0.2) is 54.9 Å². The number of aromatic nitrogens is 2. The summed E-state index contributed by atoms with van der Waals surface area (Å²) in [5, 5.41) is 13.4. The number of hydrogen-bond acceptors (Lipinski definition) is 5. The first-order chi connectivity index (χ1) is 13.7. The number of nitrogens with zero attached hydrogens (tertiary/aromatic N) is 4. The molecule has 0 spiro atoms. The fraction of sp³-hybridized carbons (Fsp3) is 0.273. The smallest absolute Gasteiger partial charge is 0.223 e. The van der Waals surface area contributed by atoms with Gasteiger partial charge in [-0.05, 0) is 36.6 Å². The summed E-state index contributed by atoms with van der Waals surface area (Å²) in [6.45, 7) is 2.07. The molecule has 3 heterocycles. The van der Waals surface area contributed by atoms with Crippen LogP contribution >= 0.6 is 0 Å². The number of carbonyl (C=O) groups excluding carboxylic acids is 1. The lowest BCUT2D eigenvalue weighted by atomic mass is 9.95. The van der Waals surface area contributed by atoms with Crippen LogP contribution in [0, 0.1) is 17.2 Å². The van der Waals surface area contributed by atoms with Crippen LogP contribution in [0.5, 0.6) is 0 Å². The number of rotatable bonds is 4. The van der Waals surface area contributed by atoms with Gasteiger partial charge in [0.15, 0.2) is 0 Å². The van der Waals surface area contributed by atoms with Crippen molar-refractivity contribution in [1.29, 1.82) is 5.26 Å². The Labute approximate surface area is 163 Å². The van der Waals surface area contributed by atoms with Crippen LogP contribution < -0.4 is 10.2 Å². The first kappa shape index (κ1) is 17.9. The van der Waals surface area contributed by atoms with E-state index >= 15 is 0 Å². The molecule has 3 aromatic rings. The highest BCUT2D eigenvalue weighted by Crippen LogP contribution is 2.30. The maximum atomic E-state index is 12.5. The second kappa shape index (κ2) is 8.05. The Balaban J connectivity index is 1.42. The fourth-order valence-corrected chi connectivity index (χ4v) is 3.69. The topological polar surface area (TPSA) is 81.9 Å². The third-order valence-electron chi connectivity index (χ3n) is 5.20. The van der Waals surface area contributed by atoms with Crippen LogP contribution in [-0.2, 0) is 11.3 Å². The minimum absolute atomic E-state index is 0.0106. The van der Waals surface area contributed by atoms with Crippen molar-refractivity contribution >= 4 is 22.5 Å². The van der Waals surface area contributed by atoms with Gasteiger partial charge in [0.25, 0.3) is 0 Å². The lowest BCUT2D eigenvalue weighted by Crippen LogP contribution is -2.40. The van der Waals surface area contributed by atoms with Gasteiger partial charge >= 0.3 is 0 Å². The largest absolute Gasteiger partial charge is 0.371 e. The molecule has 0 bridgehead atoms. The van der Waals surface area contributed by atoms with E-state index < -0.39 is 0 Å². The van der Waals surface area contributed by atoms with E-state index in [9.17, 15) is 10.1 Å². The van der Waals surface area contributed by atoms with Gasteiger partial charge in [-0.1, -0.05) is 24.3 Å². The summed E-state index contributed by atoms with van der Waals surface area (Å²) in [4.78, 5) is 23.2. The fourth-order valence-electron chi connectivity index (χ4n) is 3.69. The van der Waals surface area contributed by atoms with Crippen LogP contribution in [0.3, 0.4) is 0 Å². The predicted molar refractivity (Wildman–Crippen MR) is 107 cm³/mol. The zero-order chi connectivity index (χ0) is 19.3. The van der Waals surface area contributed by atoms with Gasteiger partial charge in [0.05, 0.1) is 5.52 Å². The summed E-state index contributed by atoms with van der Waals surface area (Å²) in [6, 6.07) is 15.7. The predicted octanol–water partition coefficient (Wildman–Crippen LogP) is 3.03. The highest BCUT2D eigenvalue weighted by molar-refractivity contribution is 5.92. The Kier molecular flexibility index (Phi) is 5.16.